The molecule has 0 aliphatic rings. The molecule has 12 heteroatoms. The van der Waals surface area contributed by atoms with Crippen molar-refractivity contribution in [3.05, 3.63) is 56.4 Å². The van der Waals surface area contributed by atoms with Gasteiger partial charge in [-0.05, 0) is 46.9 Å². The summed E-state index contributed by atoms with van der Waals surface area (Å²) in [5.74, 6) is -6.27. The Hall–Kier alpha value is -2.87. The van der Waals surface area contributed by atoms with E-state index in [0.717, 1.165) is 33.3 Å². The van der Waals surface area contributed by atoms with Gasteiger partial charge in [0, 0.05) is 16.1 Å². The third-order valence-corrected chi connectivity index (χ3v) is 4.76. The zero-order chi connectivity index (χ0) is 24.0. The van der Waals surface area contributed by atoms with Crippen LogP contribution in [0.3, 0.4) is 0 Å². The number of hydroxylamine groups is 2. The Balaban J connectivity index is 2.46. The Kier molecular flexibility index (Phi) is 8.83. The summed E-state index contributed by atoms with van der Waals surface area (Å²) in [6.07, 6.45) is 0. The highest BCUT2D eigenvalue weighted by Gasteiger charge is 2.26. The maximum atomic E-state index is 14.9. The molecule has 2 rings (SSSR count). The van der Waals surface area contributed by atoms with Gasteiger partial charge in [-0.2, -0.15) is 0 Å². The topological polar surface area (TPSA) is 94.2 Å². The molecule has 2 aromatic rings. The number of benzene rings is 2. The van der Waals surface area contributed by atoms with Gasteiger partial charge in [-0.1, -0.05) is 0 Å². The maximum absolute atomic E-state index is 14.9. The zero-order valence-electron chi connectivity index (χ0n) is 17.1. The Labute approximate surface area is 194 Å². The van der Waals surface area contributed by atoms with E-state index in [9.17, 15) is 27.6 Å². The first-order valence-electron chi connectivity index (χ1n) is 8.88. The first kappa shape index (κ1) is 25.4. The SMILES string of the molecule is COC(=O)c1cc(CN(OC)C(=O)COC(C)=O)c(F)c(F)c1Nc1ccc(I)cc1F. The number of methoxy groups -OCH3 is 1. The molecule has 8 nitrogen and oxygen atoms in total. The Morgan fingerprint density at radius 2 is 1.78 bits per heavy atom. The van der Waals surface area contributed by atoms with Gasteiger partial charge in [-0.25, -0.2) is 23.0 Å². The van der Waals surface area contributed by atoms with Crippen molar-refractivity contribution >= 4 is 51.8 Å². The minimum Gasteiger partial charge on any atom is -0.465 e. The van der Waals surface area contributed by atoms with Crippen molar-refractivity contribution < 1.29 is 41.9 Å². The van der Waals surface area contributed by atoms with Gasteiger partial charge in [0.05, 0.1) is 37.7 Å². The third-order valence-electron chi connectivity index (χ3n) is 4.09. The monoisotopic (exact) mass is 566 g/mol. The quantitative estimate of drug-likeness (QED) is 0.296. The lowest BCUT2D eigenvalue weighted by Gasteiger charge is -2.21. The fourth-order valence-electron chi connectivity index (χ4n) is 2.56. The number of nitrogens with one attached hydrogen (secondary N) is 1. The molecule has 0 bridgehead atoms. The van der Waals surface area contributed by atoms with Gasteiger partial charge in [0.2, 0.25) is 0 Å². The van der Waals surface area contributed by atoms with E-state index in [1.165, 1.54) is 12.1 Å². The smallest absolute Gasteiger partial charge is 0.340 e. The molecule has 2 aromatic carbocycles. The molecule has 0 aliphatic carbocycles. The van der Waals surface area contributed by atoms with Crippen LogP contribution < -0.4 is 5.32 Å². The van der Waals surface area contributed by atoms with Crippen LogP contribution in [0.4, 0.5) is 24.5 Å². The largest absolute Gasteiger partial charge is 0.465 e. The number of hydrogen-bond donors (Lipinski definition) is 1. The molecular formula is C20H18F3IN2O6. The molecular weight excluding hydrogens is 548 g/mol. The molecule has 0 saturated heterocycles. The fraction of sp³-hybridized carbons (Fsp3) is 0.250. The number of esters is 2. The number of anilines is 2. The van der Waals surface area contributed by atoms with Crippen LogP contribution in [0.2, 0.25) is 0 Å². The highest BCUT2D eigenvalue weighted by Crippen LogP contribution is 2.31. The van der Waals surface area contributed by atoms with Gasteiger partial charge in [-0.15, -0.1) is 0 Å². The fourth-order valence-corrected chi connectivity index (χ4v) is 3.01. The lowest BCUT2D eigenvalue weighted by atomic mass is 10.1. The van der Waals surface area contributed by atoms with Crippen molar-refractivity contribution in [3.8, 4) is 0 Å². The van der Waals surface area contributed by atoms with Crippen LogP contribution in [0.25, 0.3) is 0 Å². The van der Waals surface area contributed by atoms with Gasteiger partial charge >= 0.3 is 11.9 Å². The number of rotatable bonds is 8. The van der Waals surface area contributed by atoms with Crippen LogP contribution in [0.1, 0.15) is 22.8 Å². The van der Waals surface area contributed by atoms with Crippen molar-refractivity contribution in [1.82, 2.24) is 5.06 Å². The van der Waals surface area contributed by atoms with Crippen molar-refractivity contribution in [2.24, 2.45) is 0 Å². The predicted molar refractivity (Wildman–Crippen MR) is 114 cm³/mol. The molecule has 1 amide bonds. The van der Waals surface area contributed by atoms with Gasteiger partial charge in [0.25, 0.3) is 5.91 Å². The van der Waals surface area contributed by atoms with Crippen LogP contribution in [0, 0.1) is 21.0 Å². The Bertz CT molecular complexity index is 1050. The minimum absolute atomic E-state index is 0.198. The number of carbonyl (C=O) groups is 3. The highest BCUT2D eigenvalue weighted by atomic mass is 127. The van der Waals surface area contributed by atoms with Crippen LogP contribution in [0.15, 0.2) is 24.3 Å². The maximum Gasteiger partial charge on any atom is 0.340 e. The average molecular weight is 566 g/mol. The molecule has 0 fully saturated rings. The standard InChI is InChI=1S/C20H18F3IN2O6/c1-10(27)32-9-16(28)26(31-3)8-11-6-13(20(29)30-2)19(18(23)17(11)22)25-15-5-4-12(24)7-14(15)21/h4-7,25H,8-9H2,1-3H3. The van der Waals surface area contributed by atoms with E-state index in [4.69, 9.17) is 4.84 Å². The van der Waals surface area contributed by atoms with Crippen LogP contribution >= 0.6 is 22.6 Å². The van der Waals surface area contributed by atoms with Gasteiger partial charge < -0.3 is 14.8 Å². The van der Waals surface area contributed by atoms with Gasteiger partial charge in [0.15, 0.2) is 18.2 Å². The summed E-state index contributed by atoms with van der Waals surface area (Å²) in [5.41, 5.74) is -1.72. The van der Waals surface area contributed by atoms with Crippen LogP contribution in [-0.2, 0) is 30.4 Å². The highest BCUT2D eigenvalue weighted by molar-refractivity contribution is 14.1. The van der Waals surface area contributed by atoms with E-state index >= 15 is 0 Å². The van der Waals surface area contributed by atoms with E-state index in [1.807, 2.05) is 22.6 Å². The van der Waals surface area contributed by atoms with Crippen molar-refractivity contribution in [3.63, 3.8) is 0 Å². The summed E-state index contributed by atoms with van der Waals surface area (Å²) < 4.78 is 53.7. The first-order chi connectivity index (χ1) is 15.1. The number of nitrogens with zero attached hydrogens (tertiary/aromatic N) is 1. The number of carbonyl (C=O) groups excluding carboxylic acids is 3. The van der Waals surface area contributed by atoms with E-state index in [0.29, 0.717) is 8.63 Å². The molecule has 0 saturated carbocycles. The molecule has 0 spiro atoms. The predicted octanol–water partition coefficient (Wildman–Crippen LogP) is 3.69. The average Bonchev–Trinajstić information content (AvgIpc) is 2.75. The van der Waals surface area contributed by atoms with Crippen molar-refractivity contribution in [1.29, 1.82) is 0 Å². The summed E-state index contributed by atoms with van der Waals surface area (Å²) in [6.45, 7) is -0.228. The molecule has 0 unspecified atom stereocenters. The van der Waals surface area contributed by atoms with E-state index in [1.54, 1.807) is 0 Å². The van der Waals surface area contributed by atoms with E-state index in [2.05, 4.69) is 14.8 Å². The third kappa shape index (κ3) is 6.09. The van der Waals surface area contributed by atoms with Crippen molar-refractivity contribution in [2.75, 3.05) is 26.1 Å². The second-order valence-electron chi connectivity index (χ2n) is 6.22. The normalized spacial score (nSPS) is 10.5. The molecule has 0 atom stereocenters. The molecule has 32 heavy (non-hydrogen) atoms. The number of halogens is 4. The minimum atomic E-state index is -1.50. The molecule has 0 aliphatic heterocycles. The summed E-state index contributed by atoms with van der Waals surface area (Å²) in [7, 11) is 2.12. The molecule has 0 radical (unpaired) electrons. The molecule has 0 aromatic heterocycles. The second kappa shape index (κ2) is 11.1. The number of hydrogen-bond acceptors (Lipinski definition) is 7. The number of ether oxygens (including phenoxy) is 2. The molecule has 172 valence electrons. The summed E-state index contributed by atoms with van der Waals surface area (Å²) >= 11 is 1.87. The zero-order valence-corrected chi connectivity index (χ0v) is 19.3. The van der Waals surface area contributed by atoms with E-state index < -0.39 is 65.3 Å². The first-order valence-corrected chi connectivity index (χ1v) is 9.96. The second-order valence-corrected chi connectivity index (χ2v) is 7.47. The van der Waals surface area contributed by atoms with Crippen molar-refractivity contribution in [2.45, 2.75) is 13.5 Å². The van der Waals surface area contributed by atoms with Gasteiger partial charge in [-0.3, -0.25) is 14.4 Å². The van der Waals surface area contributed by atoms with Crippen LogP contribution in [-0.4, -0.2) is 43.7 Å². The van der Waals surface area contributed by atoms with Crippen LogP contribution in [0.5, 0.6) is 0 Å². The Morgan fingerprint density at radius 3 is 2.34 bits per heavy atom. The summed E-state index contributed by atoms with van der Waals surface area (Å²) in [4.78, 5) is 40.0. The molecule has 1 N–H and O–H groups in total. The molecule has 0 heterocycles. The van der Waals surface area contributed by atoms with Gasteiger partial charge in [0.1, 0.15) is 5.82 Å². The summed E-state index contributed by atoms with van der Waals surface area (Å²) in [5, 5.41) is 3.00. The lowest BCUT2D eigenvalue weighted by molar-refractivity contribution is -0.185. The lowest BCUT2D eigenvalue weighted by Crippen LogP contribution is -2.33. The van der Waals surface area contributed by atoms with E-state index in [-0.39, 0.29) is 5.69 Å². The summed E-state index contributed by atoms with van der Waals surface area (Å²) in [6, 6.07) is 4.93. The number of amides is 1. The Morgan fingerprint density at radius 1 is 1.09 bits per heavy atom.